The summed E-state index contributed by atoms with van der Waals surface area (Å²) in [6.45, 7) is 0. The van der Waals surface area contributed by atoms with Gasteiger partial charge in [0.25, 0.3) is 0 Å². The molecular formula is C28H18B2N2O7. The summed E-state index contributed by atoms with van der Waals surface area (Å²) in [5.74, 6) is -1.54. The number of carboxylic acid groups (broad SMARTS) is 2. The number of benzene rings is 4. The van der Waals surface area contributed by atoms with Crippen LogP contribution >= 0.6 is 0 Å². The molecule has 0 spiro atoms. The van der Waals surface area contributed by atoms with Gasteiger partial charge >= 0.3 is 26.2 Å². The molecule has 2 aliphatic heterocycles. The minimum absolute atomic E-state index is 0.0674. The van der Waals surface area contributed by atoms with Crippen molar-refractivity contribution in [2.24, 2.45) is 9.98 Å². The third-order valence-electron chi connectivity index (χ3n) is 6.31. The summed E-state index contributed by atoms with van der Waals surface area (Å²) in [5.41, 5.74) is 3.38. The molecule has 2 N–H and O–H groups in total. The van der Waals surface area contributed by atoms with Gasteiger partial charge < -0.3 is 24.1 Å². The summed E-state index contributed by atoms with van der Waals surface area (Å²) in [6.07, 6.45) is 3.19. The van der Waals surface area contributed by atoms with Crippen LogP contribution in [0.1, 0.15) is 31.8 Å². The van der Waals surface area contributed by atoms with Gasteiger partial charge in [-0.15, -0.1) is 0 Å². The van der Waals surface area contributed by atoms with Gasteiger partial charge in [-0.25, -0.2) is 9.59 Å². The van der Waals surface area contributed by atoms with E-state index in [2.05, 4.69) is 9.98 Å². The van der Waals surface area contributed by atoms with Gasteiger partial charge in [0.15, 0.2) is 0 Å². The zero-order valence-electron chi connectivity index (χ0n) is 20.2. The fraction of sp³-hybridized carbons (Fsp3) is 0. The first-order valence-corrected chi connectivity index (χ1v) is 12.0. The number of carbonyl (C=O) groups is 2. The average Bonchev–Trinajstić information content (AvgIpc) is 2.95. The predicted molar refractivity (Wildman–Crippen MR) is 147 cm³/mol. The van der Waals surface area contributed by atoms with Gasteiger partial charge in [-0.05, 0) is 47.5 Å². The summed E-state index contributed by atoms with van der Waals surface area (Å²) in [5, 5.41) is 19.0. The molecule has 188 valence electrons. The van der Waals surface area contributed by atoms with E-state index in [1.807, 2.05) is 48.5 Å². The van der Waals surface area contributed by atoms with Crippen molar-refractivity contribution >= 4 is 60.9 Å². The van der Waals surface area contributed by atoms with E-state index >= 15 is 0 Å². The lowest BCUT2D eigenvalue weighted by Crippen LogP contribution is -2.53. The molecule has 6 rings (SSSR count). The number of hydrogen-bond acceptors (Lipinski definition) is 7. The van der Waals surface area contributed by atoms with E-state index in [1.165, 1.54) is 24.3 Å². The lowest BCUT2D eigenvalue weighted by molar-refractivity contribution is 0.0686. The Bertz CT molecular complexity index is 1570. The van der Waals surface area contributed by atoms with E-state index in [0.717, 1.165) is 0 Å². The normalized spacial score (nSPS) is 13.5. The monoisotopic (exact) mass is 516 g/mol. The van der Waals surface area contributed by atoms with Crippen LogP contribution in [0.4, 0.5) is 11.4 Å². The Labute approximate surface area is 223 Å². The number of carboxylic acids is 2. The SMILES string of the molecule is O=C(O)c1ccc2c(c1)N=Cc1ccccc1B1OB(O2)c2ccccc2C=Nc2cc(C(=O)O)ccc2O1. The minimum Gasteiger partial charge on any atom is -0.531 e. The summed E-state index contributed by atoms with van der Waals surface area (Å²) in [6, 6.07) is 23.5. The van der Waals surface area contributed by atoms with Gasteiger partial charge in [-0.2, -0.15) is 0 Å². The van der Waals surface area contributed by atoms with E-state index in [4.69, 9.17) is 13.9 Å². The molecule has 2 bridgehead atoms. The summed E-state index contributed by atoms with van der Waals surface area (Å²) >= 11 is 0. The van der Waals surface area contributed by atoms with Gasteiger partial charge in [-0.3, -0.25) is 9.98 Å². The lowest BCUT2D eigenvalue weighted by Gasteiger charge is -2.26. The molecule has 11 heteroatoms. The lowest BCUT2D eigenvalue weighted by atomic mass is 9.68. The molecule has 4 aromatic rings. The standard InChI is InChI=1S/C28H18B2N2O7/c33-27(34)17-9-11-25-23(13-17)31-15-19-5-1-3-7-21(19)29-37-26-12-10-18(28(35)36)14-24(26)32-16-20-6-2-4-8-22(20)30(38-25)39-29/h1-16H,(H,33,34)(H,35,36). The highest BCUT2D eigenvalue weighted by molar-refractivity contribution is 6.76. The molecule has 2 aliphatic rings. The molecule has 0 unspecified atom stereocenters. The van der Waals surface area contributed by atoms with Gasteiger partial charge in [0.05, 0.1) is 11.1 Å². The molecule has 0 saturated heterocycles. The molecular weight excluding hydrogens is 498 g/mol. The third kappa shape index (κ3) is 4.78. The van der Waals surface area contributed by atoms with E-state index in [1.54, 1.807) is 24.6 Å². The smallest absolute Gasteiger partial charge is 0.531 e. The second-order valence-electron chi connectivity index (χ2n) is 8.79. The molecule has 0 aliphatic carbocycles. The van der Waals surface area contributed by atoms with Gasteiger partial charge in [0.2, 0.25) is 0 Å². The predicted octanol–water partition coefficient (Wildman–Crippen LogP) is 3.48. The first kappa shape index (κ1) is 24.2. The van der Waals surface area contributed by atoms with Crippen molar-refractivity contribution in [3.8, 4) is 11.5 Å². The molecule has 4 aromatic carbocycles. The highest BCUT2D eigenvalue weighted by atomic mass is 16.6. The molecule has 0 saturated carbocycles. The maximum atomic E-state index is 11.6. The van der Waals surface area contributed by atoms with Crippen molar-refractivity contribution in [3.05, 3.63) is 107 Å². The van der Waals surface area contributed by atoms with Crippen LogP contribution in [0, 0.1) is 0 Å². The van der Waals surface area contributed by atoms with Gasteiger partial charge in [-0.1, -0.05) is 48.5 Å². The van der Waals surface area contributed by atoms with E-state index < -0.39 is 26.2 Å². The van der Waals surface area contributed by atoms with Crippen LogP contribution in [0.15, 0.2) is 94.9 Å². The number of nitrogens with zero attached hydrogens (tertiary/aromatic N) is 2. The Morgan fingerprint density at radius 2 is 1.05 bits per heavy atom. The number of fused-ring (bicyclic) bond motifs is 8. The highest BCUT2D eigenvalue weighted by Gasteiger charge is 2.38. The Kier molecular flexibility index (Phi) is 6.18. The van der Waals surface area contributed by atoms with Crippen molar-refractivity contribution in [3.63, 3.8) is 0 Å². The van der Waals surface area contributed by atoms with Crippen LogP contribution in [0.2, 0.25) is 0 Å². The van der Waals surface area contributed by atoms with Crippen LogP contribution in [0.3, 0.4) is 0 Å². The van der Waals surface area contributed by atoms with Crippen LogP contribution in [-0.2, 0) is 4.57 Å². The van der Waals surface area contributed by atoms with Crippen molar-refractivity contribution in [1.82, 2.24) is 0 Å². The molecule has 0 radical (unpaired) electrons. The number of rotatable bonds is 2. The van der Waals surface area contributed by atoms with Crippen LogP contribution in [0.25, 0.3) is 0 Å². The topological polar surface area (TPSA) is 127 Å². The summed E-state index contributed by atoms with van der Waals surface area (Å²) in [7, 11) is -2.01. The van der Waals surface area contributed by atoms with Gasteiger partial charge in [0, 0.05) is 23.4 Å². The summed E-state index contributed by atoms with van der Waals surface area (Å²) < 4.78 is 19.2. The molecule has 0 aromatic heterocycles. The van der Waals surface area contributed by atoms with Crippen molar-refractivity contribution in [2.75, 3.05) is 0 Å². The van der Waals surface area contributed by atoms with E-state index in [-0.39, 0.29) is 11.1 Å². The number of hydrogen-bond donors (Lipinski definition) is 2. The van der Waals surface area contributed by atoms with E-state index in [9.17, 15) is 19.8 Å². The first-order chi connectivity index (χ1) is 19.0. The molecule has 0 amide bonds. The van der Waals surface area contributed by atoms with E-state index in [0.29, 0.717) is 44.9 Å². The number of aromatic carboxylic acids is 2. The Morgan fingerprint density at radius 1 is 0.615 bits per heavy atom. The largest absolute Gasteiger partial charge is 0.550 e. The molecule has 0 atom stereocenters. The molecule has 39 heavy (non-hydrogen) atoms. The zero-order chi connectivity index (χ0) is 26.9. The molecule has 0 fully saturated rings. The quantitative estimate of drug-likeness (QED) is 0.391. The summed E-state index contributed by atoms with van der Waals surface area (Å²) in [4.78, 5) is 32.4. The zero-order valence-corrected chi connectivity index (χ0v) is 20.2. The highest BCUT2D eigenvalue weighted by Crippen LogP contribution is 2.32. The Balaban J connectivity index is 1.58. The van der Waals surface area contributed by atoms with Crippen LogP contribution in [0.5, 0.6) is 11.5 Å². The second kappa shape index (κ2) is 9.96. The molecule has 2 heterocycles. The fourth-order valence-electron chi connectivity index (χ4n) is 4.34. The Hall–Kier alpha value is -5.15. The average molecular weight is 516 g/mol. The second-order valence-corrected chi connectivity index (χ2v) is 8.79. The van der Waals surface area contributed by atoms with Gasteiger partial charge in [0.1, 0.15) is 22.9 Å². The van der Waals surface area contributed by atoms with Crippen molar-refractivity contribution < 1.29 is 33.7 Å². The molecule has 9 nitrogen and oxygen atoms in total. The Morgan fingerprint density at radius 3 is 1.49 bits per heavy atom. The van der Waals surface area contributed by atoms with Crippen LogP contribution in [-0.4, -0.2) is 48.8 Å². The van der Waals surface area contributed by atoms with Crippen molar-refractivity contribution in [1.29, 1.82) is 0 Å². The fourth-order valence-corrected chi connectivity index (χ4v) is 4.34. The van der Waals surface area contributed by atoms with Crippen LogP contribution < -0.4 is 20.2 Å². The van der Waals surface area contributed by atoms with Crippen molar-refractivity contribution in [2.45, 2.75) is 0 Å². The third-order valence-corrected chi connectivity index (χ3v) is 6.31. The maximum Gasteiger partial charge on any atom is 0.550 e. The first-order valence-electron chi connectivity index (χ1n) is 12.0. The number of aliphatic imine (C=N–C) groups is 2. The maximum absolute atomic E-state index is 11.6. The minimum atomic E-state index is -1.08.